The molecule has 0 aromatic heterocycles. The van der Waals surface area contributed by atoms with Crippen LogP contribution in [0.2, 0.25) is 5.02 Å². The number of nitrogens with two attached hydrogens (primary N) is 1. The highest BCUT2D eigenvalue weighted by Crippen LogP contribution is 2.25. The van der Waals surface area contributed by atoms with E-state index in [1.807, 2.05) is 19.1 Å². The number of methoxy groups -OCH3 is 1. The molecule has 0 aliphatic rings. The van der Waals surface area contributed by atoms with Gasteiger partial charge in [-0.3, -0.25) is 0 Å². The predicted molar refractivity (Wildman–Crippen MR) is 73.4 cm³/mol. The molecule has 0 saturated carbocycles. The smallest absolute Gasteiger partial charge is 0.0623 e. The van der Waals surface area contributed by atoms with Crippen molar-refractivity contribution >= 4 is 11.6 Å². The highest BCUT2D eigenvalue weighted by Gasteiger charge is 2.18. The van der Waals surface area contributed by atoms with E-state index in [9.17, 15) is 0 Å². The molecular formula is C14H22ClNO. The van der Waals surface area contributed by atoms with Gasteiger partial charge in [0, 0.05) is 18.2 Å². The maximum Gasteiger partial charge on any atom is 0.0623 e. The van der Waals surface area contributed by atoms with E-state index in [0.717, 1.165) is 29.0 Å². The number of benzene rings is 1. The van der Waals surface area contributed by atoms with Crippen LogP contribution in [0.15, 0.2) is 18.2 Å². The summed E-state index contributed by atoms with van der Waals surface area (Å²) in [6, 6.07) is 5.99. The van der Waals surface area contributed by atoms with E-state index in [-0.39, 0.29) is 11.6 Å². The van der Waals surface area contributed by atoms with Crippen molar-refractivity contribution in [1.29, 1.82) is 0 Å². The van der Waals surface area contributed by atoms with Crippen LogP contribution in [0.4, 0.5) is 0 Å². The second-order valence-electron chi connectivity index (χ2n) is 5.17. The van der Waals surface area contributed by atoms with Gasteiger partial charge in [-0.1, -0.05) is 17.7 Å². The van der Waals surface area contributed by atoms with E-state index in [0.29, 0.717) is 0 Å². The number of rotatable bonds is 5. The molecule has 2 N–H and O–H groups in total. The minimum atomic E-state index is -0.120. The van der Waals surface area contributed by atoms with E-state index in [4.69, 9.17) is 22.1 Å². The van der Waals surface area contributed by atoms with Gasteiger partial charge in [-0.15, -0.1) is 0 Å². The van der Waals surface area contributed by atoms with Crippen LogP contribution in [0.5, 0.6) is 0 Å². The fraction of sp³-hybridized carbons (Fsp3) is 0.571. The van der Waals surface area contributed by atoms with Crippen molar-refractivity contribution in [1.82, 2.24) is 0 Å². The maximum absolute atomic E-state index is 6.18. The van der Waals surface area contributed by atoms with E-state index >= 15 is 0 Å². The van der Waals surface area contributed by atoms with Crippen molar-refractivity contribution in [2.75, 3.05) is 7.11 Å². The Labute approximate surface area is 109 Å². The van der Waals surface area contributed by atoms with Crippen molar-refractivity contribution in [2.24, 2.45) is 5.73 Å². The Hall–Kier alpha value is -0.570. The van der Waals surface area contributed by atoms with Crippen LogP contribution in [0, 0.1) is 6.92 Å². The molecule has 3 heteroatoms. The predicted octanol–water partition coefficient (Wildman–Crippen LogP) is 3.85. The minimum Gasteiger partial charge on any atom is -0.379 e. The molecule has 2 nitrogen and oxygen atoms in total. The third-order valence-electron chi connectivity index (χ3n) is 3.10. The summed E-state index contributed by atoms with van der Waals surface area (Å²) in [6.07, 6.45) is 1.82. The Morgan fingerprint density at radius 2 is 2.00 bits per heavy atom. The standard InChI is InChI=1S/C14H22ClNO/c1-10-7-11(9-12(15)8-10)13(16)5-6-14(2,3)17-4/h7-9,13H,5-6,16H2,1-4H3. The second kappa shape index (κ2) is 5.85. The lowest BCUT2D eigenvalue weighted by Crippen LogP contribution is -2.24. The Morgan fingerprint density at radius 3 is 2.53 bits per heavy atom. The molecule has 0 aliphatic heterocycles. The van der Waals surface area contributed by atoms with E-state index in [2.05, 4.69) is 19.9 Å². The lowest BCUT2D eigenvalue weighted by molar-refractivity contribution is 0.0125. The van der Waals surface area contributed by atoms with Crippen molar-refractivity contribution in [3.8, 4) is 0 Å². The summed E-state index contributed by atoms with van der Waals surface area (Å²) < 4.78 is 5.39. The second-order valence-corrected chi connectivity index (χ2v) is 5.61. The van der Waals surface area contributed by atoms with E-state index in [1.165, 1.54) is 0 Å². The number of halogens is 1. The average molecular weight is 256 g/mol. The summed E-state index contributed by atoms with van der Waals surface area (Å²) in [5.74, 6) is 0. The Morgan fingerprint density at radius 1 is 1.35 bits per heavy atom. The first-order valence-corrected chi connectivity index (χ1v) is 6.30. The normalized spacial score (nSPS) is 13.8. The molecular weight excluding hydrogens is 234 g/mol. The first-order chi connectivity index (χ1) is 7.84. The van der Waals surface area contributed by atoms with Crippen molar-refractivity contribution in [3.05, 3.63) is 34.3 Å². The molecule has 0 radical (unpaired) electrons. The van der Waals surface area contributed by atoms with E-state index in [1.54, 1.807) is 7.11 Å². The van der Waals surface area contributed by atoms with Crippen LogP contribution in [0.25, 0.3) is 0 Å². The van der Waals surface area contributed by atoms with Crippen molar-refractivity contribution < 1.29 is 4.74 Å². The fourth-order valence-electron chi connectivity index (χ4n) is 1.75. The van der Waals surface area contributed by atoms with Gasteiger partial charge in [-0.2, -0.15) is 0 Å². The quantitative estimate of drug-likeness (QED) is 0.867. The third kappa shape index (κ3) is 4.66. The van der Waals surface area contributed by atoms with Gasteiger partial charge in [0.05, 0.1) is 5.60 Å². The Bertz CT molecular complexity index is 356. The molecule has 1 aromatic carbocycles. The van der Waals surface area contributed by atoms with Crippen LogP contribution in [0.1, 0.15) is 43.9 Å². The molecule has 0 fully saturated rings. The van der Waals surface area contributed by atoms with Crippen LogP contribution < -0.4 is 5.73 Å². The number of hydrogen-bond donors (Lipinski definition) is 1. The van der Waals surface area contributed by atoms with Crippen LogP contribution in [0.3, 0.4) is 0 Å². The third-order valence-corrected chi connectivity index (χ3v) is 3.32. The molecule has 1 rings (SSSR count). The zero-order chi connectivity index (χ0) is 13.1. The van der Waals surface area contributed by atoms with Gasteiger partial charge in [0.15, 0.2) is 0 Å². The number of ether oxygens (including phenoxy) is 1. The topological polar surface area (TPSA) is 35.2 Å². The van der Waals surface area contributed by atoms with Crippen LogP contribution >= 0.6 is 11.6 Å². The summed E-state index contributed by atoms with van der Waals surface area (Å²) >= 11 is 6.03. The summed E-state index contributed by atoms with van der Waals surface area (Å²) in [5, 5.41) is 0.751. The number of aryl methyl sites for hydroxylation is 1. The molecule has 0 saturated heterocycles. The molecule has 0 amide bonds. The summed E-state index contributed by atoms with van der Waals surface area (Å²) in [4.78, 5) is 0. The van der Waals surface area contributed by atoms with Crippen molar-refractivity contribution in [2.45, 2.75) is 45.3 Å². The van der Waals surface area contributed by atoms with Gasteiger partial charge < -0.3 is 10.5 Å². The average Bonchev–Trinajstić information content (AvgIpc) is 2.24. The fourth-order valence-corrected chi connectivity index (χ4v) is 2.05. The molecule has 0 heterocycles. The number of hydrogen-bond acceptors (Lipinski definition) is 2. The summed E-state index contributed by atoms with van der Waals surface area (Å²) in [5.41, 5.74) is 8.31. The summed E-state index contributed by atoms with van der Waals surface area (Å²) in [7, 11) is 1.73. The zero-order valence-corrected chi connectivity index (χ0v) is 11.8. The Balaban J connectivity index is 2.67. The first-order valence-electron chi connectivity index (χ1n) is 5.92. The van der Waals surface area contributed by atoms with Crippen molar-refractivity contribution in [3.63, 3.8) is 0 Å². The highest BCUT2D eigenvalue weighted by molar-refractivity contribution is 6.30. The SMILES string of the molecule is COC(C)(C)CCC(N)c1cc(C)cc(Cl)c1. The molecule has 1 unspecified atom stereocenters. The van der Waals surface area contributed by atoms with Gasteiger partial charge in [-0.25, -0.2) is 0 Å². The lowest BCUT2D eigenvalue weighted by Gasteiger charge is -2.24. The summed E-state index contributed by atoms with van der Waals surface area (Å²) in [6.45, 7) is 6.17. The van der Waals surface area contributed by atoms with Gasteiger partial charge in [0.1, 0.15) is 0 Å². The van der Waals surface area contributed by atoms with Gasteiger partial charge in [-0.05, 0) is 56.9 Å². The molecule has 1 aromatic rings. The molecule has 0 aliphatic carbocycles. The first kappa shape index (κ1) is 14.5. The highest BCUT2D eigenvalue weighted by atomic mass is 35.5. The lowest BCUT2D eigenvalue weighted by atomic mass is 9.95. The molecule has 0 bridgehead atoms. The van der Waals surface area contributed by atoms with Gasteiger partial charge in [0.2, 0.25) is 0 Å². The van der Waals surface area contributed by atoms with Crippen LogP contribution in [-0.2, 0) is 4.74 Å². The molecule has 1 atom stereocenters. The monoisotopic (exact) mass is 255 g/mol. The molecule has 17 heavy (non-hydrogen) atoms. The Kier molecular flexibility index (Phi) is 4.99. The maximum atomic E-state index is 6.18. The molecule has 96 valence electrons. The largest absolute Gasteiger partial charge is 0.379 e. The zero-order valence-electron chi connectivity index (χ0n) is 11.1. The molecule has 0 spiro atoms. The van der Waals surface area contributed by atoms with Crippen LogP contribution in [-0.4, -0.2) is 12.7 Å². The van der Waals surface area contributed by atoms with Gasteiger partial charge >= 0.3 is 0 Å². The minimum absolute atomic E-state index is 0.0156. The van der Waals surface area contributed by atoms with Gasteiger partial charge in [0.25, 0.3) is 0 Å². The van der Waals surface area contributed by atoms with E-state index < -0.39 is 0 Å².